The van der Waals surface area contributed by atoms with Crippen molar-refractivity contribution in [2.75, 3.05) is 26.2 Å². The number of hydrogen-bond acceptors (Lipinski definition) is 3. The Morgan fingerprint density at radius 2 is 2.10 bits per heavy atom. The van der Waals surface area contributed by atoms with Gasteiger partial charge in [-0.05, 0) is 25.2 Å². The van der Waals surface area contributed by atoms with Gasteiger partial charge in [-0.2, -0.15) is 0 Å². The highest BCUT2D eigenvalue weighted by atomic mass is 16.5. The Morgan fingerprint density at radius 1 is 1.30 bits per heavy atom. The molecule has 0 bridgehead atoms. The van der Waals surface area contributed by atoms with Crippen LogP contribution >= 0.6 is 0 Å². The Morgan fingerprint density at radius 3 is 2.90 bits per heavy atom. The topological polar surface area (TPSA) is 58.6 Å². The molecule has 0 radical (unpaired) electrons. The molecule has 2 heterocycles. The van der Waals surface area contributed by atoms with Gasteiger partial charge >= 0.3 is 0 Å². The zero-order chi connectivity index (χ0) is 13.9. The largest absolute Gasteiger partial charge is 0.374 e. The lowest BCUT2D eigenvalue weighted by Gasteiger charge is -2.36. The van der Waals surface area contributed by atoms with E-state index in [-0.39, 0.29) is 23.8 Å². The molecule has 1 N–H and O–H groups in total. The van der Waals surface area contributed by atoms with Crippen molar-refractivity contribution in [3.05, 3.63) is 0 Å². The number of nitrogens with zero attached hydrogens (tertiary/aromatic N) is 1. The molecule has 0 aromatic carbocycles. The Kier molecular flexibility index (Phi) is 4.24. The number of piperidine rings is 1. The molecule has 2 atom stereocenters. The SMILES string of the molecule is O=C1NCCO[C@H]2CN(C(=O)CC3CCCC3)CC[C@@H]12. The Hall–Kier alpha value is -1.10. The lowest BCUT2D eigenvalue weighted by atomic mass is 9.92. The molecule has 2 amide bonds. The van der Waals surface area contributed by atoms with E-state index in [2.05, 4.69) is 5.32 Å². The maximum atomic E-state index is 12.4. The van der Waals surface area contributed by atoms with E-state index >= 15 is 0 Å². The second-order valence-corrected chi connectivity index (χ2v) is 6.29. The summed E-state index contributed by atoms with van der Waals surface area (Å²) in [7, 11) is 0. The summed E-state index contributed by atoms with van der Waals surface area (Å²) in [5, 5.41) is 2.88. The van der Waals surface area contributed by atoms with Crippen molar-refractivity contribution in [3.63, 3.8) is 0 Å². The number of fused-ring (bicyclic) bond motifs is 1. The maximum Gasteiger partial charge on any atom is 0.225 e. The van der Waals surface area contributed by atoms with Crippen molar-refractivity contribution in [1.82, 2.24) is 10.2 Å². The highest BCUT2D eigenvalue weighted by Crippen LogP contribution is 2.29. The van der Waals surface area contributed by atoms with E-state index in [1.807, 2.05) is 4.90 Å². The van der Waals surface area contributed by atoms with E-state index in [0.29, 0.717) is 38.6 Å². The molecule has 5 heteroatoms. The number of carbonyl (C=O) groups is 2. The van der Waals surface area contributed by atoms with E-state index in [1.54, 1.807) is 0 Å². The highest BCUT2D eigenvalue weighted by Gasteiger charge is 2.38. The minimum absolute atomic E-state index is 0.0759. The number of likely N-dealkylation sites (tertiary alicyclic amines) is 1. The van der Waals surface area contributed by atoms with Crippen LogP contribution in [-0.4, -0.2) is 49.1 Å². The average Bonchev–Trinajstić information content (AvgIpc) is 2.89. The highest BCUT2D eigenvalue weighted by molar-refractivity contribution is 5.81. The summed E-state index contributed by atoms with van der Waals surface area (Å²) in [5.74, 6) is 0.852. The fourth-order valence-corrected chi connectivity index (χ4v) is 3.72. The first-order valence-corrected chi connectivity index (χ1v) is 7.91. The Labute approximate surface area is 120 Å². The molecule has 3 fully saturated rings. The van der Waals surface area contributed by atoms with Crippen LogP contribution in [0, 0.1) is 11.8 Å². The van der Waals surface area contributed by atoms with Crippen molar-refractivity contribution >= 4 is 11.8 Å². The third kappa shape index (κ3) is 2.97. The van der Waals surface area contributed by atoms with Crippen LogP contribution < -0.4 is 5.32 Å². The predicted molar refractivity (Wildman–Crippen MR) is 74.0 cm³/mol. The summed E-state index contributed by atoms with van der Waals surface area (Å²) in [6, 6.07) is 0. The van der Waals surface area contributed by atoms with E-state index in [4.69, 9.17) is 4.74 Å². The van der Waals surface area contributed by atoms with Gasteiger partial charge < -0.3 is 15.0 Å². The molecule has 0 aromatic heterocycles. The molecule has 0 aromatic rings. The minimum Gasteiger partial charge on any atom is -0.374 e. The fourth-order valence-electron chi connectivity index (χ4n) is 3.72. The van der Waals surface area contributed by atoms with Crippen LogP contribution in [0.3, 0.4) is 0 Å². The van der Waals surface area contributed by atoms with Gasteiger partial charge in [-0.15, -0.1) is 0 Å². The summed E-state index contributed by atoms with van der Waals surface area (Å²) >= 11 is 0. The molecule has 0 spiro atoms. The first kappa shape index (κ1) is 13.9. The number of nitrogens with one attached hydrogen (secondary N) is 1. The van der Waals surface area contributed by atoms with Crippen molar-refractivity contribution < 1.29 is 14.3 Å². The normalized spacial score (nSPS) is 31.6. The fraction of sp³-hybridized carbons (Fsp3) is 0.867. The zero-order valence-electron chi connectivity index (χ0n) is 12.0. The van der Waals surface area contributed by atoms with Crippen molar-refractivity contribution in [2.24, 2.45) is 11.8 Å². The van der Waals surface area contributed by atoms with Gasteiger partial charge in [-0.1, -0.05) is 12.8 Å². The third-order valence-corrected chi connectivity index (χ3v) is 4.92. The molecule has 0 unspecified atom stereocenters. The zero-order valence-corrected chi connectivity index (χ0v) is 12.0. The maximum absolute atomic E-state index is 12.4. The van der Waals surface area contributed by atoms with Crippen molar-refractivity contribution in [3.8, 4) is 0 Å². The summed E-state index contributed by atoms with van der Waals surface area (Å²) in [5.41, 5.74) is 0. The number of rotatable bonds is 2. The molecule has 5 nitrogen and oxygen atoms in total. The third-order valence-electron chi connectivity index (χ3n) is 4.92. The summed E-state index contributed by atoms with van der Waals surface area (Å²) in [4.78, 5) is 26.2. The number of ether oxygens (including phenoxy) is 1. The number of carbonyl (C=O) groups excluding carboxylic acids is 2. The van der Waals surface area contributed by atoms with Crippen molar-refractivity contribution in [1.29, 1.82) is 0 Å². The van der Waals surface area contributed by atoms with Gasteiger partial charge in [0.25, 0.3) is 0 Å². The van der Waals surface area contributed by atoms with Gasteiger partial charge in [0.15, 0.2) is 0 Å². The second-order valence-electron chi connectivity index (χ2n) is 6.29. The van der Waals surface area contributed by atoms with Crippen LogP contribution in [0.15, 0.2) is 0 Å². The Bertz CT molecular complexity index is 379. The molecule has 1 saturated carbocycles. The van der Waals surface area contributed by atoms with Gasteiger partial charge in [-0.3, -0.25) is 9.59 Å². The minimum atomic E-state index is -0.112. The van der Waals surface area contributed by atoms with Crippen molar-refractivity contribution in [2.45, 2.75) is 44.6 Å². The van der Waals surface area contributed by atoms with E-state index in [9.17, 15) is 9.59 Å². The van der Waals surface area contributed by atoms with Gasteiger partial charge in [0.2, 0.25) is 11.8 Å². The number of amides is 2. The average molecular weight is 280 g/mol. The van der Waals surface area contributed by atoms with Crippen LogP contribution in [-0.2, 0) is 14.3 Å². The number of hydrogen-bond donors (Lipinski definition) is 1. The summed E-state index contributed by atoms with van der Waals surface area (Å²) in [6.45, 7) is 2.42. The lowest BCUT2D eigenvalue weighted by molar-refractivity contribution is -0.142. The van der Waals surface area contributed by atoms with Crippen LogP contribution in [0.2, 0.25) is 0 Å². The van der Waals surface area contributed by atoms with Gasteiger partial charge in [0, 0.05) is 26.1 Å². The molecule has 2 aliphatic heterocycles. The molecular weight excluding hydrogens is 256 g/mol. The van der Waals surface area contributed by atoms with Gasteiger partial charge in [0.05, 0.1) is 18.6 Å². The van der Waals surface area contributed by atoms with Crippen LogP contribution in [0.1, 0.15) is 38.5 Å². The quantitative estimate of drug-likeness (QED) is 0.818. The second kappa shape index (κ2) is 6.12. The smallest absolute Gasteiger partial charge is 0.225 e. The van der Waals surface area contributed by atoms with Crippen LogP contribution in [0.4, 0.5) is 0 Å². The predicted octanol–water partition coefficient (Wildman–Crippen LogP) is 0.930. The lowest BCUT2D eigenvalue weighted by Crippen LogP contribution is -2.50. The van der Waals surface area contributed by atoms with E-state index in [0.717, 1.165) is 6.42 Å². The van der Waals surface area contributed by atoms with E-state index in [1.165, 1.54) is 25.7 Å². The molecule has 1 aliphatic carbocycles. The molecular formula is C15H24N2O3. The first-order chi connectivity index (χ1) is 9.74. The van der Waals surface area contributed by atoms with Gasteiger partial charge in [-0.25, -0.2) is 0 Å². The molecule has 112 valence electrons. The standard InChI is InChI=1S/C15H24N2O3/c18-14(9-11-3-1-2-4-11)17-7-5-12-13(10-17)20-8-6-16-15(12)19/h11-13H,1-10H2,(H,16,19)/t12-,13+/m1/s1. The Balaban J connectivity index is 1.56. The monoisotopic (exact) mass is 280 g/mol. The van der Waals surface area contributed by atoms with Crippen LogP contribution in [0.5, 0.6) is 0 Å². The van der Waals surface area contributed by atoms with E-state index < -0.39 is 0 Å². The molecule has 20 heavy (non-hydrogen) atoms. The summed E-state index contributed by atoms with van der Waals surface area (Å²) in [6.07, 6.45) is 6.24. The summed E-state index contributed by atoms with van der Waals surface area (Å²) < 4.78 is 5.75. The first-order valence-electron chi connectivity index (χ1n) is 7.91. The van der Waals surface area contributed by atoms with Gasteiger partial charge in [0.1, 0.15) is 0 Å². The molecule has 2 saturated heterocycles. The molecule has 3 aliphatic rings. The molecule has 3 rings (SSSR count). The van der Waals surface area contributed by atoms with Crippen LogP contribution in [0.25, 0.3) is 0 Å².